The number of Topliss-reactive ketones (excluding diaryl/α,β-unsaturated/α-hetero) is 1. The van der Waals surface area contributed by atoms with Gasteiger partial charge in [-0.25, -0.2) is 9.78 Å². The summed E-state index contributed by atoms with van der Waals surface area (Å²) < 4.78 is 7.91. The molecule has 1 amide bonds. The molecule has 2 aromatic heterocycles. The Bertz CT molecular complexity index is 1330. The lowest BCUT2D eigenvalue weighted by atomic mass is 9.85. The molecule has 3 aromatic rings. The minimum absolute atomic E-state index is 0.0929. The fraction of sp³-hybridized carbons (Fsp3) is 0.500. The SMILES string of the molecule is CC(=O)c1ccc(N2CCN(c3ccc4cc(C)n([C@H]5C[C@H](N(C)C(=O)OC(C)(C)C)C5)c4n3)CC2)cc1. The Morgan fingerprint density at radius 2 is 1.61 bits per heavy atom. The summed E-state index contributed by atoms with van der Waals surface area (Å²) in [6.45, 7) is 13.0. The first-order valence-electron chi connectivity index (χ1n) is 13.6. The number of hydrogen-bond acceptors (Lipinski definition) is 6. The van der Waals surface area contributed by atoms with E-state index in [2.05, 4.69) is 39.5 Å². The lowest BCUT2D eigenvalue weighted by Crippen LogP contribution is -2.48. The molecule has 0 N–H and O–H groups in total. The van der Waals surface area contributed by atoms with Crippen molar-refractivity contribution in [1.29, 1.82) is 0 Å². The molecule has 0 radical (unpaired) electrons. The van der Waals surface area contributed by atoms with Gasteiger partial charge in [-0.1, -0.05) is 0 Å². The summed E-state index contributed by atoms with van der Waals surface area (Å²) in [5.74, 6) is 1.10. The quantitative estimate of drug-likeness (QED) is 0.420. The average Bonchev–Trinajstić information content (AvgIpc) is 3.17. The van der Waals surface area contributed by atoms with Gasteiger partial charge in [0.2, 0.25) is 0 Å². The minimum atomic E-state index is -0.492. The molecule has 0 spiro atoms. The Morgan fingerprint density at radius 1 is 0.974 bits per heavy atom. The fourth-order valence-electron chi connectivity index (χ4n) is 5.52. The predicted octanol–water partition coefficient (Wildman–Crippen LogP) is 5.44. The van der Waals surface area contributed by atoms with Crippen molar-refractivity contribution in [3.8, 4) is 0 Å². The summed E-state index contributed by atoms with van der Waals surface area (Å²) in [7, 11) is 1.84. The monoisotopic (exact) mass is 517 g/mol. The molecule has 0 bridgehead atoms. The predicted molar refractivity (Wildman–Crippen MR) is 151 cm³/mol. The Morgan fingerprint density at radius 3 is 2.21 bits per heavy atom. The first-order chi connectivity index (χ1) is 18.0. The maximum Gasteiger partial charge on any atom is 0.410 e. The number of pyridine rings is 1. The number of ketones is 1. The summed E-state index contributed by atoms with van der Waals surface area (Å²) in [5.41, 5.74) is 3.63. The molecular weight excluding hydrogens is 478 g/mol. The number of nitrogens with zero attached hydrogens (tertiary/aromatic N) is 5. The zero-order chi connectivity index (χ0) is 27.2. The van der Waals surface area contributed by atoms with Gasteiger partial charge in [-0.05, 0) is 89.9 Å². The van der Waals surface area contributed by atoms with Crippen molar-refractivity contribution in [3.63, 3.8) is 0 Å². The molecule has 38 heavy (non-hydrogen) atoms. The second-order valence-electron chi connectivity index (χ2n) is 11.7. The normalized spacial score (nSPS) is 19.8. The van der Waals surface area contributed by atoms with Crippen LogP contribution in [-0.2, 0) is 4.74 Å². The highest BCUT2D eigenvalue weighted by Gasteiger charge is 2.38. The van der Waals surface area contributed by atoms with Gasteiger partial charge in [-0.2, -0.15) is 0 Å². The number of benzene rings is 1. The van der Waals surface area contributed by atoms with E-state index in [4.69, 9.17) is 9.72 Å². The smallest absolute Gasteiger partial charge is 0.410 e. The van der Waals surface area contributed by atoms with Gasteiger partial charge in [0.25, 0.3) is 0 Å². The molecule has 202 valence electrons. The molecular formula is C30H39N5O3. The second-order valence-corrected chi connectivity index (χ2v) is 11.7. The van der Waals surface area contributed by atoms with Gasteiger partial charge in [-0.3, -0.25) is 4.79 Å². The first-order valence-corrected chi connectivity index (χ1v) is 13.6. The molecule has 0 unspecified atom stereocenters. The van der Waals surface area contributed by atoms with Crippen LogP contribution in [0, 0.1) is 6.92 Å². The number of rotatable bonds is 5. The third kappa shape index (κ3) is 5.22. The van der Waals surface area contributed by atoms with E-state index < -0.39 is 5.60 Å². The number of amides is 1. The summed E-state index contributed by atoms with van der Waals surface area (Å²) in [6, 6.07) is 14.9. The van der Waals surface area contributed by atoms with Crippen LogP contribution in [0.25, 0.3) is 11.0 Å². The van der Waals surface area contributed by atoms with Crippen LogP contribution < -0.4 is 9.80 Å². The standard InChI is InChI=1S/C30H39N5O3/c1-20-17-23-9-12-27(34-15-13-33(14-16-34)24-10-7-22(8-11-24)21(2)36)31-28(23)35(20)26-18-25(19-26)32(6)29(37)38-30(3,4)5/h7-12,17,25-26H,13-16,18-19H2,1-6H3/t25-,26-. The first kappa shape index (κ1) is 26.1. The highest BCUT2D eigenvalue weighted by molar-refractivity contribution is 5.94. The maximum absolute atomic E-state index is 12.5. The number of carbonyl (C=O) groups excluding carboxylic acids is 2. The van der Waals surface area contributed by atoms with Gasteiger partial charge in [-0.15, -0.1) is 0 Å². The molecule has 1 aromatic carbocycles. The number of aromatic nitrogens is 2. The molecule has 8 nitrogen and oxygen atoms in total. The van der Waals surface area contributed by atoms with Crippen molar-refractivity contribution < 1.29 is 14.3 Å². The molecule has 0 atom stereocenters. The van der Waals surface area contributed by atoms with Crippen LogP contribution in [-0.4, -0.2) is 71.2 Å². The zero-order valence-corrected chi connectivity index (χ0v) is 23.4. The number of ether oxygens (including phenoxy) is 1. The van der Waals surface area contributed by atoms with E-state index in [0.29, 0.717) is 6.04 Å². The Labute approximate surface area is 225 Å². The van der Waals surface area contributed by atoms with E-state index in [1.54, 1.807) is 11.8 Å². The summed E-state index contributed by atoms with van der Waals surface area (Å²) >= 11 is 0. The molecule has 5 rings (SSSR count). The van der Waals surface area contributed by atoms with Crippen molar-refractivity contribution in [2.24, 2.45) is 0 Å². The number of fused-ring (bicyclic) bond motifs is 1. The molecule has 1 aliphatic carbocycles. The third-order valence-electron chi connectivity index (χ3n) is 7.79. The van der Waals surface area contributed by atoms with E-state index in [9.17, 15) is 9.59 Å². The molecule has 1 saturated heterocycles. The molecule has 2 aliphatic rings. The largest absolute Gasteiger partial charge is 0.444 e. The lowest BCUT2D eigenvalue weighted by Gasteiger charge is -2.42. The summed E-state index contributed by atoms with van der Waals surface area (Å²) in [6.07, 6.45) is 1.53. The minimum Gasteiger partial charge on any atom is -0.444 e. The van der Waals surface area contributed by atoms with Crippen LogP contribution in [0.2, 0.25) is 0 Å². The Hall–Kier alpha value is -3.55. The van der Waals surface area contributed by atoms with E-state index >= 15 is 0 Å². The van der Waals surface area contributed by atoms with Crippen molar-refractivity contribution in [2.75, 3.05) is 43.0 Å². The van der Waals surface area contributed by atoms with Crippen LogP contribution >= 0.6 is 0 Å². The highest BCUT2D eigenvalue weighted by atomic mass is 16.6. The van der Waals surface area contributed by atoms with E-state index in [0.717, 1.165) is 67.1 Å². The van der Waals surface area contributed by atoms with Gasteiger partial charge in [0.05, 0.1) is 0 Å². The van der Waals surface area contributed by atoms with Crippen molar-refractivity contribution in [3.05, 3.63) is 53.7 Å². The maximum atomic E-state index is 12.5. The zero-order valence-electron chi connectivity index (χ0n) is 23.4. The molecule has 1 aliphatic heterocycles. The van der Waals surface area contributed by atoms with E-state index in [1.807, 2.05) is 52.1 Å². The number of anilines is 2. The van der Waals surface area contributed by atoms with Crippen molar-refractivity contribution in [2.45, 2.75) is 65.1 Å². The third-order valence-corrected chi connectivity index (χ3v) is 7.79. The fourth-order valence-corrected chi connectivity index (χ4v) is 5.52. The number of piperazine rings is 1. The number of hydrogen-bond donors (Lipinski definition) is 0. The highest BCUT2D eigenvalue weighted by Crippen LogP contribution is 2.39. The molecule has 1 saturated carbocycles. The van der Waals surface area contributed by atoms with E-state index in [1.165, 1.54) is 5.69 Å². The van der Waals surface area contributed by atoms with Gasteiger partial charge in [0.1, 0.15) is 17.1 Å². The molecule has 8 heteroatoms. The van der Waals surface area contributed by atoms with Gasteiger partial charge in [0.15, 0.2) is 5.78 Å². The second kappa shape index (κ2) is 9.97. The van der Waals surface area contributed by atoms with Gasteiger partial charge < -0.3 is 24.0 Å². The van der Waals surface area contributed by atoms with Crippen LogP contribution in [0.1, 0.15) is 62.6 Å². The molecule has 3 heterocycles. The van der Waals surface area contributed by atoms with Gasteiger partial charge >= 0.3 is 6.09 Å². The van der Waals surface area contributed by atoms with Crippen LogP contribution in [0.15, 0.2) is 42.5 Å². The van der Waals surface area contributed by atoms with Crippen LogP contribution in [0.3, 0.4) is 0 Å². The van der Waals surface area contributed by atoms with Crippen molar-refractivity contribution in [1.82, 2.24) is 14.5 Å². The lowest BCUT2D eigenvalue weighted by molar-refractivity contribution is 0.00798. The Balaban J connectivity index is 1.25. The topological polar surface area (TPSA) is 70.9 Å². The number of aryl methyl sites for hydroxylation is 1. The summed E-state index contributed by atoms with van der Waals surface area (Å²) in [5, 5.41) is 1.15. The number of carbonyl (C=O) groups is 2. The average molecular weight is 518 g/mol. The van der Waals surface area contributed by atoms with Crippen LogP contribution in [0.5, 0.6) is 0 Å². The van der Waals surface area contributed by atoms with E-state index in [-0.39, 0.29) is 17.9 Å². The summed E-state index contributed by atoms with van der Waals surface area (Å²) in [4.78, 5) is 35.7. The Kier molecular flexibility index (Phi) is 6.84. The van der Waals surface area contributed by atoms with Crippen molar-refractivity contribution >= 4 is 34.4 Å². The molecule has 2 fully saturated rings. The van der Waals surface area contributed by atoms with Gasteiger partial charge in [0, 0.05) is 67.6 Å². The van der Waals surface area contributed by atoms with Crippen LogP contribution in [0.4, 0.5) is 16.3 Å².